The third-order valence-corrected chi connectivity index (χ3v) is 3.07. The summed E-state index contributed by atoms with van der Waals surface area (Å²) < 4.78 is 0. The van der Waals surface area contributed by atoms with Crippen LogP contribution in [0.3, 0.4) is 0 Å². The van der Waals surface area contributed by atoms with Crippen LogP contribution in [0, 0.1) is 6.92 Å². The summed E-state index contributed by atoms with van der Waals surface area (Å²) in [6.45, 7) is 4.82. The van der Waals surface area contributed by atoms with Crippen LogP contribution in [0.15, 0.2) is 30.5 Å². The van der Waals surface area contributed by atoms with E-state index in [2.05, 4.69) is 47.3 Å². The van der Waals surface area contributed by atoms with Crippen molar-refractivity contribution < 1.29 is 0 Å². The first kappa shape index (κ1) is 13.5. The first-order valence-electron chi connectivity index (χ1n) is 6.62. The molecule has 0 amide bonds. The molecule has 0 fully saturated rings. The minimum atomic E-state index is 0.564. The van der Waals surface area contributed by atoms with E-state index in [0.717, 1.165) is 23.8 Å². The number of hydrogen-bond acceptors (Lipinski definition) is 4. The summed E-state index contributed by atoms with van der Waals surface area (Å²) in [5, 5.41) is 3.40. The van der Waals surface area contributed by atoms with Crippen molar-refractivity contribution in [3.8, 4) is 0 Å². The molecule has 19 heavy (non-hydrogen) atoms. The number of nitrogens with zero attached hydrogens (tertiary/aromatic N) is 2. The Kier molecular flexibility index (Phi) is 4.47. The molecule has 1 aromatic carbocycles. The van der Waals surface area contributed by atoms with Crippen molar-refractivity contribution in [3.63, 3.8) is 0 Å². The number of anilines is 2. The highest BCUT2D eigenvalue weighted by Crippen LogP contribution is 2.24. The molecule has 0 aliphatic rings. The second kappa shape index (κ2) is 6.29. The van der Waals surface area contributed by atoms with E-state index >= 15 is 0 Å². The first-order valence-corrected chi connectivity index (χ1v) is 6.62. The Morgan fingerprint density at radius 1 is 1.26 bits per heavy atom. The SMILES string of the molecule is CCc1cccc(C)c1Nc1ccnc(CCN)n1. The minimum absolute atomic E-state index is 0.564. The van der Waals surface area contributed by atoms with E-state index < -0.39 is 0 Å². The Morgan fingerprint density at radius 3 is 2.84 bits per heavy atom. The summed E-state index contributed by atoms with van der Waals surface area (Å²) >= 11 is 0. The third kappa shape index (κ3) is 3.29. The topological polar surface area (TPSA) is 63.8 Å². The predicted molar refractivity (Wildman–Crippen MR) is 78.6 cm³/mol. The van der Waals surface area contributed by atoms with E-state index in [-0.39, 0.29) is 0 Å². The summed E-state index contributed by atoms with van der Waals surface area (Å²) in [5.41, 5.74) is 9.19. The normalized spacial score (nSPS) is 10.5. The van der Waals surface area contributed by atoms with Gasteiger partial charge in [0.25, 0.3) is 0 Å². The van der Waals surface area contributed by atoms with Gasteiger partial charge in [-0.25, -0.2) is 9.97 Å². The Bertz CT molecular complexity index is 552. The average molecular weight is 256 g/mol. The summed E-state index contributed by atoms with van der Waals surface area (Å²) in [6.07, 6.45) is 3.46. The number of aryl methyl sites for hydroxylation is 2. The lowest BCUT2D eigenvalue weighted by Crippen LogP contribution is -2.08. The zero-order valence-electron chi connectivity index (χ0n) is 11.5. The molecule has 4 nitrogen and oxygen atoms in total. The number of nitrogens with one attached hydrogen (secondary N) is 1. The highest BCUT2D eigenvalue weighted by molar-refractivity contribution is 5.64. The highest BCUT2D eigenvalue weighted by atomic mass is 15.0. The van der Waals surface area contributed by atoms with Gasteiger partial charge in [0.1, 0.15) is 11.6 Å². The average Bonchev–Trinajstić information content (AvgIpc) is 2.42. The fraction of sp³-hybridized carbons (Fsp3) is 0.333. The highest BCUT2D eigenvalue weighted by Gasteiger charge is 2.06. The van der Waals surface area contributed by atoms with Crippen LogP contribution in [0.1, 0.15) is 23.9 Å². The van der Waals surface area contributed by atoms with Gasteiger partial charge >= 0.3 is 0 Å². The van der Waals surface area contributed by atoms with Crippen molar-refractivity contribution in [2.24, 2.45) is 5.73 Å². The molecule has 0 saturated carbocycles. The van der Waals surface area contributed by atoms with Gasteiger partial charge in [-0.2, -0.15) is 0 Å². The van der Waals surface area contributed by atoms with Gasteiger partial charge < -0.3 is 11.1 Å². The lowest BCUT2D eigenvalue weighted by Gasteiger charge is -2.13. The molecule has 100 valence electrons. The second-order valence-electron chi connectivity index (χ2n) is 4.48. The molecular weight excluding hydrogens is 236 g/mol. The van der Waals surface area contributed by atoms with Crippen LogP contribution < -0.4 is 11.1 Å². The molecule has 1 aromatic heterocycles. The van der Waals surface area contributed by atoms with Gasteiger partial charge in [-0.05, 0) is 37.1 Å². The maximum atomic E-state index is 5.53. The molecule has 0 spiro atoms. The zero-order chi connectivity index (χ0) is 13.7. The van der Waals surface area contributed by atoms with Crippen LogP contribution >= 0.6 is 0 Å². The Morgan fingerprint density at radius 2 is 2.11 bits per heavy atom. The van der Waals surface area contributed by atoms with Crippen molar-refractivity contribution in [1.29, 1.82) is 0 Å². The van der Waals surface area contributed by atoms with Crippen LogP contribution in [-0.4, -0.2) is 16.5 Å². The van der Waals surface area contributed by atoms with E-state index in [1.807, 2.05) is 6.07 Å². The molecule has 2 aromatic rings. The van der Waals surface area contributed by atoms with Gasteiger partial charge in [-0.1, -0.05) is 25.1 Å². The number of benzene rings is 1. The molecule has 2 rings (SSSR count). The molecule has 0 saturated heterocycles. The van der Waals surface area contributed by atoms with Crippen molar-refractivity contribution in [1.82, 2.24) is 9.97 Å². The van der Waals surface area contributed by atoms with E-state index in [1.54, 1.807) is 6.20 Å². The fourth-order valence-electron chi connectivity index (χ4n) is 2.05. The minimum Gasteiger partial charge on any atom is -0.340 e. The Labute approximate surface area is 114 Å². The Balaban J connectivity index is 2.28. The van der Waals surface area contributed by atoms with Crippen molar-refractivity contribution in [2.45, 2.75) is 26.7 Å². The van der Waals surface area contributed by atoms with Crippen LogP contribution in [0.4, 0.5) is 11.5 Å². The molecule has 1 heterocycles. The third-order valence-electron chi connectivity index (χ3n) is 3.07. The fourth-order valence-corrected chi connectivity index (χ4v) is 2.05. The first-order chi connectivity index (χ1) is 9.24. The summed E-state index contributed by atoms with van der Waals surface area (Å²) in [5.74, 6) is 1.60. The van der Waals surface area contributed by atoms with Crippen LogP contribution in [0.5, 0.6) is 0 Å². The van der Waals surface area contributed by atoms with Gasteiger partial charge in [0, 0.05) is 18.3 Å². The van der Waals surface area contributed by atoms with Crippen molar-refractivity contribution in [3.05, 3.63) is 47.4 Å². The molecule has 0 atom stereocenters. The van der Waals surface area contributed by atoms with Crippen LogP contribution in [0.2, 0.25) is 0 Å². The summed E-state index contributed by atoms with van der Waals surface area (Å²) in [7, 11) is 0. The summed E-state index contributed by atoms with van der Waals surface area (Å²) in [4.78, 5) is 8.68. The lowest BCUT2D eigenvalue weighted by atomic mass is 10.1. The van der Waals surface area contributed by atoms with E-state index in [4.69, 9.17) is 5.73 Å². The maximum absolute atomic E-state index is 5.53. The molecule has 3 N–H and O–H groups in total. The lowest BCUT2D eigenvalue weighted by molar-refractivity contribution is 0.869. The van der Waals surface area contributed by atoms with E-state index in [1.165, 1.54) is 11.1 Å². The molecule has 0 bridgehead atoms. The number of para-hydroxylation sites is 1. The monoisotopic (exact) mass is 256 g/mol. The molecule has 0 aliphatic heterocycles. The number of aromatic nitrogens is 2. The number of hydrogen-bond donors (Lipinski definition) is 2. The van der Waals surface area contributed by atoms with Crippen molar-refractivity contribution >= 4 is 11.5 Å². The molecule has 0 radical (unpaired) electrons. The largest absolute Gasteiger partial charge is 0.340 e. The smallest absolute Gasteiger partial charge is 0.134 e. The second-order valence-corrected chi connectivity index (χ2v) is 4.48. The summed E-state index contributed by atoms with van der Waals surface area (Å²) in [6, 6.07) is 8.20. The van der Waals surface area contributed by atoms with Crippen LogP contribution in [-0.2, 0) is 12.8 Å². The van der Waals surface area contributed by atoms with Gasteiger partial charge in [0.2, 0.25) is 0 Å². The predicted octanol–water partition coefficient (Wildman–Crippen LogP) is 2.59. The Hall–Kier alpha value is -1.94. The number of nitrogens with two attached hydrogens (primary N) is 1. The van der Waals surface area contributed by atoms with Gasteiger partial charge in [-0.15, -0.1) is 0 Å². The van der Waals surface area contributed by atoms with E-state index in [0.29, 0.717) is 13.0 Å². The molecular formula is C15H20N4. The van der Waals surface area contributed by atoms with Gasteiger partial charge in [-0.3, -0.25) is 0 Å². The molecule has 0 aliphatic carbocycles. The standard InChI is InChI=1S/C15H20N4/c1-3-12-6-4-5-11(2)15(12)19-14-8-10-17-13(18-14)7-9-16/h4-6,8,10H,3,7,9,16H2,1-2H3,(H,17,18,19). The van der Waals surface area contributed by atoms with Crippen LogP contribution in [0.25, 0.3) is 0 Å². The maximum Gasteiger partial charge on any atom is 0.134 e. The molecule has 0 unspecified atom stereocenters. The number of rotatable bonds is 5. The van der Waals surface area contributed by atoms with Crippen molar-refractivity contribution in [2.75, 3.05) is 11.9 Å². The zero-order valence-corrected chi connectivity index (χ0v) is 11.5. The van der Waals surface area contributed by atoms with E-state index in [9.17, 15) is 0 Å². The van der Waals surface area contributed by atoms with Gasteiger partial charge in [0.05, 0.1) is 0 Å². The quantitative estimate of drug-likeness (QED) is 0.863. The molecule has 4 heteroatoms. The van der Waals surface area contributed by atoms with Gasteiger partial charge in [0.15, 0.2) is 0 Å².